The number of hydrogen-bond donors (Lipinski definition) is 0. The minimum absolute atomic E-state index is 0.0766. The Hall–Kier alpha value is -3.67. The lowest BCUT2D eigenvalue weighted by molar-refractivity contribution is -0.167. The summed E-state index contributed by atoms with van der Waals surface area (Å²) in [7, 11) is 0. The van der Waals surface area contributed by atoms with Gasteiger partial charge in [0.1, 0.15) is 13.2 Å². The Kier molecular flexibility index (Phi) is 66.7. The summed E-state index contributed by atoms with van der Waals surface area (Å²) in [4.78, 5) is 38.5. The van der Waals surface area contributed by atoms with Crippen LogP contribution in [0.1, 0.15) is 348 Å². The number of hydrogen-bond acceptors (Lipinski definition) is 6. The molecule has 0 N–H and O–H groups in total. The molecule has 1 atom stereocenters. The van der Waals surface area contributed by atoms with Gasteiger partial charge < -0.3 is 14.2 Å². The first kappa shape index (κ1) is 78.3. The van der Waals surface area contributed by atoms with E-state index in [1.807, 2.05) is 0 Å². The summed E-state index contributed by atoms with van der Waals surface area (Å²) < 4.78 is 17.0. The predicted molar refractivity (Wildman–Crippen MR) is 357 cm³/mol. The standard InChI is InChI=1S/C76H132O6/c1-4-7-10-13-16-19-22-25-28-31-33-35-36-37-38-39-40-42-43-45-48-51-54-57-60-63-66-69-75(78)81-72-73(71-80-74(77)68-65-62-59-56-53-50-47-30-27-24-21-18-15-12-9-6-3)82-76(79)70-67-64-61-58-55-52-49-46-44-41-34-32-29-26-23-20-17-14-11-8-5-2/h7-8,10-11,16-17,19-20,25-26,28-29,33-35,41,73H,4-6,9,12-15,18,21-24,27,30-32,36-40,42-72H2,1-3H3/b10-7-,11-8-,19-16-,20-17-,28-25-,29-26-,35-33-,41-34-. The fraction of sp³-hybridized carbons (Fsp3) is 0.750. The van der Waals surface area contributed by atoms with Gasteiger partial charge in [-0.3, -0.25) is 14.4 Å². The maximum Gasteiger partial charge on any atom is 0.306 e. The quantitative estimate of drug-likeness (QED) is 0.0261. The van der Waals surface area contributed by atoms with Gasteiger partial charge in [-0.2, -0.15) is 0 Å². The van der Waals surface area contributed by atoms with E-state index in [2.05, 4.69) is 118 Å². The fourth-order valence-corrected chi connectivity index (χ4v) is 10.1. The van der Waals surface area contributed by atoms with E-state index in [0.717, 1.165) is 116 Å². The Morgan fingerprint density at radius 2 is 0.476 bits per heavy atom. The molecule has 0 bridgehead atoms. The third-order valence-corrected chi connectivity index (χ3v) is 15.3. The number of ether oxygens (including phenoxy) is 3. The molecular formula is C76H132O6. The van der Waals surface area contributed by atoms with Gasteiger partial charge in [0, 0.05) is 19.3 Å². The molecule has 1 unspecified atom stereocenters. The van der Waals surface area contributed by atoms with Crippen molar-refractivity contribution in [3.63, 3.8) is 0 Å². The number of carbonyl (C=O) groups excluding carboxylic acids is 3. The zero-order chi connectivity index (χ0) is 59.2. The van der Waals surface area contributed by atoms with Gasteiger partial charge in [-0.1, -0.05) is 330 Å². The van der Waals surface area contributed by atoms with Crippen molar-refractivity contribution >= 4 is 17.9 Å². The Morgan fingerprint density at radius 1 is 0.256 bits per heavy atom. The number of esters is 3. The molecule has 0 aromatic rings. The van der Waals surface area contributed by atoms with Crippen LogP contribution in [0.3, 0.4) is 0 Å². The molecule has 6 nitrogen and oxygen atoms in total. The molecule has 0 aliphatic heterocycles. The SMILES string of the molecule is CC/C=C\C/C=C\C/C=C\C/C=C\CCCCCCCCCCCCCCCCC(=O)OCC(COC(=O)CCCCCCCCCCCCCCCCCC)OC(=O)CCCCCCCCCC/C=C\C/C=C\C/C=C\C/C=C\CC. The highest BCUT2D eigenvalue weighted by Crippen LogP contribution is 2.18. The molecule has 0 radical (unpaired) electrons. The molecular weight excluding hydrogens is 1010 g/mol. The van der Waals surface area contributed by atoms with E-state index in [9.17, 15) is 14.4 Å². The van der Waals surface area contributed by atoms with Crippen LogP contribution in [0.2, 0.25) is 0 Å². The maximum absolute atomic E-state index is 13.0. The zero-order valence-electron chi connectivity index (χ0n) is 54.2. The van der Waals surface area contributed by atoms with Gasteiger partial charge in [0.15, 0.2) is 6.10 Å². The third kappa shape index (κ3) is 67.1. The zero-order valence-corrected chi connectivity index (χ0v) is 54.2. The lowest BCUT2D eigenvalue weighted by atomic mass is 10.0. The smallest absolute Gasteiger partial charge is 0.306 e. The summed E-state index contributed by atoms with van der Waals surface area (Å²) in [6.45, 7) is 6.46. The van der Waals surface area contributed by atoms with Crippen molar-refractivity contribution in [2.24, 2.45) is 0 Å². The van der Waals surface area contributed by atoms with E-state index in [1.54, 1.807) is 0 Å². The lowest BCUT2D eigenvalue weighted by Gasteiger charge is -2.18. The molecule has 0 aliphatic carbocycles. The van der Waals surface area contributed by atoms with E-state index in [4.69, 9.17) is 14.2 Å². The van der Waals surface area contributed by atoms with Crippen LogP contribution in [-0.2, 0) is 28.6 Å². The minimum atomic E-state index is -0.782. The first-order chi connectivity index (χ1) is 40.5. The van der Waals surface area contributed by atoms with Crippen molar-refractivity contribution in [3.8, 4) is 0 Å². The normalized spacial score (nSPS) is 12.7. The molecule has 0 fully saturated rings. The summed E-state index contributed by atoms with van der Waals surface area (Å²) in [5, 5.41) is 0. The van der Waals surface area contributed by atoms with Gasteiger partial charge in [0.2, 0.25) is 0 Å². The summed E-state index contributed by atoms with van der Waals surface area (Å²) in [6, 6.07) is 0. The molecule has 0 spiro atoms. The largest absolute Gasteiger partial charge is 0.462 e. The number of allylic oxidation sites excluding steroid dienone is 16. The Balaban J connectivity index is 4.32. The molecule has 0 aliphatic rings. The van der Waals surface area contributed by atoms with Crippen LogP contribution in [-0.4, -0.2) is 37.2 Å². The molecule has 472 valence electrons. The maximum atomic E-state index is 13.0. The van der Waals surface area contributed by atoms with Crippen molar-refractivity contribution in [2.75, 3.05) is 13.2 Å². The molecule has 0 saturated carbocycles. The van der Waals surface area contributed by atoms with E-state index >= 15 is 0 Å². The molecule has 0 amide bonds. The van der Waals surface area contributed by atoms with Crippen LogP contribution in [0.4, 0.5) is 0 Å². The van der Waals surface area contributed by atoms with Crippen LogP contribution in [0.15, 0.2) is 97.2 Å². The van der Waals surface area contributed by atoms with Crippen molar-refractivity contribution in [1.29, 1.82) is 0 Å². The number of carbonyl (C=O) groups is 3. The van der Waals surface area contributed by atoms with Crippen LogP contribution in [0.25, 0.3) is 0 Å². The summed E-state index contributed by atoms with van der Waals surface area (Å²) >= 11 is 0. The van der Waals surface area contributed by atoms with Crippen LogP contribution >= 0.6 is 0 Å². The van der Waals surface area contributed by atoms with Crippen molar-refractivity contribution in [1.82, 2.24) is 0 Å². The van der Waals surface area contributed by atoms with Gasteiger partial charge in [-0.05, 0) is 96.3 Å². The van der Waals surface area contributed by atoms with Gasteiger partial charge in [-0.15, -0.1) is 0 Å². The second-order valence-electron chi connectivity index (χ2n) is 23.4. The number of unbranched alkanes of at least 4 members (excludes halogenated alkanes) is 37. The highest BCUT2D eigenvalue weighted by atomic mass is 16.6. The monoisotopic (exact) mass is 1140 g/mol. The van der Waals surface area contributed by atoms with E-state index < -0.39 is 6.10 Å². The predicted octanol–water partition coefficient (Wildman–Crippen LogP) is 24.4. The highest BCUT2D eigenvalue weighted by molar-refractivity contribution is 5.71. The number of rotatable bonds is 64. The second kappa shape index (κ2) is 69.8. The Labute approximate surface area is 508 Å². The van der Waals surface area contributed by atoms with E-state index in [-0.39, 0.29) is 31.1 Å². The molecule has 0 heterocycles. The topological polar surface area (TPSA) is 78.9 Å². The van der Waals surface area contributed by atoms with Crippen molar-refractivity contribution < 1.29 is 28.6 Å². The molecule has 6 heteroatoms. The van der Waals surface area contributed by atoms with Crippen molar-refractivity contribution in [2.45, 2.75) is 354 Å². The van der Waals surface area contributed by atoms with Gasteiger partial charge in [-0.25, -0.2) is 0 Å². The first-order valence-electron chi connectivity index (χ1n) is 35.2. The summed E-state index contributed by atoms with van der Waals surface area (Å²) in [6.07, 6.45) is 94.2. The highest BCUT2D eigenvalue weighted by Gasteiger charge is 2.19. The average Bonchev–Trinajstić information content (AvgIpc) is 3.47. The summed E-state index contributed by atoms with van der Waals surface area (Å²) in [5.74, 6) is -0.866. The minimum Gasteiger partial charge on any atom is -0.462 e. The molecule has 0 saturated heterocycles. The Morgan fingerprint density at radius 3 is 0.744 bits per heavy atom. The summed E-state index contributed by atoms with van der Waals surface area (Å²) in [5.41, 5.74) is 0. The van der Waals surface area contributed by atoms with E-state index in [0.29, 0.717) is 19.3 Å². The first-order valence-corrected chi connectivity index (χ1v) is 35.2. The van der Waals surface area contributed by atoms with Crippen LogP contribution in [0, 0.1) is 0 Å². The molecule has 82 heavy (non-hydrogen) atoms. The van der Waals surface area contributed by atoms with Crippen LogP contribution in [0.5, 0.6) is 0 Å². The second-order valence-corrected chi connectivity index (χ2v) is 23.4. The van der Waals surface area contributed by atoms with Gasteiger partial charge >= 0.3 is 17.9 Å². The molecule has 0 aromatic heterocycles. The van der Waals surface area contributed by atoms with E-state index in [1.165, 1.54) is 193 Å². The van der Waals surface area contributed by atoms with Crippen LogP contribution < -0.4 is 0 Å². The van der Waals surface area contributed by atoms with Gasteiger partial charge in [0.05, 0.1) is 0 Å². The lowest BCUT2D eigenvalue weighted by Crippen LogP contribution is -2.30. The third-order valence-electron chi connectivity index (χ3n) is 15.3. The average molecular weight is 1140 g/mol. The molecule has 0 rings (SSSR count). The molecule has 0 aromatic carbocycles. The Bertz CT molecular complexity index is 1590. The van der Waals surface area contributed by atoms with Crippen molar-refractivity contribution in [3.05, 3.63) is 97.2 Å². The van der Waals surface area contributed by atoms with Gasteiger partial charge in [0.25, 0.3) is 0 Å². The fourth-order valence-electron chi connectivity index (χ4n) is 10.1.